The first-order valence-corrected chi connectivity index (χ1v) is 5.04. The first-order valence-electron chi connectivity index (χ1n) is 3.08. The van der Waals surface area contributed by atoms with Gasteiger partial charge in [0.05, 0.1) is 10.4 Å². The molecule has 0 bridgehead atoms. The molecule has 0 spiro atoms. The van der Waals surface area contributed by atoms with E-state index in [0.717, 1.165) is 8.45 Å². The number of anilines is 1. The highest BCUT2D eigenvalue weighted by Crippen LogP contribution is 2.30. The summed E-state index contributed by atoms with van der Waals surface area (Å²) < 4.78 is 5.87. The third-order valence-corrected chi connectivity index (χ3v) is 3.13. The Hall–Kier alpha value is -0.630. The van der Waals surface area contributed by atoms with Crippen LogP contribution < -0.4 is 5.73 Å². The minimum absolute atomic E-state index is 0.430. The third kappa shape index (κ3) is 1.20. The van der Waals surface area contributed by atoms with Gasteiger partial charge in [0.2, 0.25) is 0 Å². The van der Waals surface area contributed by atoms with Crippen molar-refractivity contribution in [1.82, 2.24) is 10.1 Å². The number of aromatic nitrogens is 2. The Labute approximate surface area is 85.9 Å². The molecular weight excluding hydrogens is 289 g/mol. The smallest absolute Gasteiger partial charge is 0.193 e. The van der Waals surface area contributed by atoms with Gasteiger partial charge in [0, 0.05) is 6.20 Å². The fraction of sp³-hybridized carbons (Fsp3) is 0. The van der Waals surface area contributed by atoms with Crippen LogP contribution in [-0.2, 0) is 0 Å². The van der Waals surface area contributed by atoms with Crippen molar-refractivity contribution in [3.63, 3.8) is 0 Å². The van der Waals surface area contributed by atoms with Gasteiger partial charge in [0.1, 0.15) is 3.57 Å². The standard InChI is InChI=1S/C6H4IN3OS/c7-4-5(11-10-6(4)8)3-1-9-2-12-3/h1-2H,(H2,8,10). The highest BCUT2D eigenvalue weighted by Gasteiger charge is 2.13. The predicted octanol–water partition coefficient (Wildman–Crippen LogP) is 1.98. The van der Waals surface area contributed by atoms with Crippen molar-refractivity contribution >= 4 is 39.7 Å². The van der Waals surface area contributed by atoms with Crippen LogP contribution in [0.25, 0.3) is 10.6 Å². The van der Waals surface area contributed by atoms with E-state index in [2.05, 4.69) is 32.7 Å². The summed E-state index contributed by atoms with van der Waals surface area (Å²) >= 11 is 3.60. The molecule has 0 amide bonds. The largest absolute Gasteiger partial charge is 0.380 e. The van der Waals surface area contributed by atoms with Crippen molar-refractivity contribution in [3.8, 4) is 10.6 Å². The van der Waals surface area contributed by atoms with Gasteiger partial charge < -0.3 is 10.3 Å². The van der Waals surface area contributed by atoms with Crippen LogP contribution in [-0.4, -0.2) is 10.1 Å². The molecule has 4 nitrogen and oxygen atoms in total. The quantitative estimate of drug-likeness (QED) is 0.817. The van der Waals surface area contributed by atoms with Gasteiger partial charge in [-0.25, -0.2) is 0 Å². The Morgan fingerprint density at radius 2 is 2.42 bits per heavy atom. The topological polar surface area (TPSA) is 64.9 Å². The molecule has 0 aliphatic heterocycles. The molecule has 0 aromatic carbocycles. The fourth-order valence-electron chi connectivity index (χ4n) is 0.772. The summed E-state index contributed by atoms with van der Waals surface area (Å²) in [4.78, 5) is 4.88. The van der Waals surface area contributed by atoms with Gasteiger partial charge in [0.15, 0.2) is 11.6 Å². The average Bonchev–Trinajstić information content (AvgIpc) is 2.64. The van der Waals surface area contributed by atoms with E-state index in [1.807, 2.05) is 0 Å². The van der Waals surface area contributed by atoms with Gasteiger partial charge in [-0.1, -0.05) is 5.16 Å². The summed E-state index contributed by atoms with van der Waals surface area (Å²) in [5.74, 6) is 1.13. The monoisotopic (exact) mass is 293 g/mol. The molecule has 2 aromatic heterocycles. The number of hydrogen-bond acceptors (Lipinski definition) is 5. The van der Waals surface area contributed by atoms with Crippen molar-refractivity contribution in [2.45, 2.75) is 0 Å². The van der Waals surface area contributed by atoms with Gasteiger partial charge >= 0.3 is 0 Å². The molecule has 2 N–H and O–H groups in total. The number of nitrogens with two attached hydrogens (primary N) is 1. The maximum atomic E-state index is 5.52. The van der Waals surface area contributed by atoms with Crippen LogP contribution >= 0.6 is 33.9 Å². The molecular formula is C6H4IN3OS. The van der Waals surface area contributed by atoms with Crippen LogP contribution in [0, 0.1) is 3.57 Å². The highest BCUT2D eigenvalue weighted by molar-refractivity contribution is 14.1. The Kier molecular flexibility index (Phi) is 2.01. The van der Waals surface area contributed by atoms with E-state index in [1.54, 1.807) is 11.7 Å². The number of hydrogen-bond donors (Lipinski definition) is 1. The Bertz CT molecular complexity index is 383. The second-order valence-corrected chi connectivity index (χ2v) is 4.04. The number of rotatable bonds is 1. The molecule has 0 saturated carbocycles. The Morgan fingerprint density at radius 3 is 2.92 bits per heavy atom. The van der Waals surface area contributed by atoms with E-state index in [9.17, 15) is 0 Å². The van der Waals surface area contributed by atoms with Crippen LogP contribution in [0.4, 0.5) is 5.82 Å². The molecule has 0 unspecified atom stereocenters. The number of nitrogens with zero attached hydrogens (tertiary/aromatic N) is 2. The lowest BCUT2D eigenvalue weighted by atomic mass is 10.4. The summed E-state index contributed by atoms with van der Waals surface area (Å²) in [5.41, 5.74) is 7.26. The Morgan fingerprint density at radius 1 is 1.58 bits per heavy atom. The fourth-order valence-corrected chi connectivity index (χ4v) is 2.05. The zero-order chi connectivity index (χ0) is 8.55. The summed E-state index contributed by atoms with van der Waals surface area (Å²) in [6.45, 7) is 0. The van der Waals surface area contributed by atoms with E-state index in [0.29, 0.717) is 11.6 Å². The minimum Gasteiger partial charge on any atom is -0.380 e. The second-order valence-electron chi connectivity index (χ2n) is 2.08. The van der Waals surface area contributed by atoms with E-state index < -0.39 is 0 Å². The van der Waals surface area contributed by atoms with Crippen LogP contribution in [0.1, 0.15) is 0 Å². The maximum absolute atomic E-state index is 5.52. The molecule has 12 heavy (non-hydrogen) atoms. The van der Waals surface area contributed by atoms with Gasteiger partial charge in [0.25, 0.3) is 0 Å². The molecule has 0 fully saturated rings. The number of nitrogen functional groups attached to an aromatic ring is 1. The second kappa shape index (κ2) is 3.02. The first-order chi connectivity index (χ1) is 5.79. The minimum atomic E-state index is 0.430. The third-order valence-electron chi connectivity index (χ3n) is 1.32. The first kappa shape index (κ1) is 7.99. The van der Waals surface area contributed by atoms with E-state index >= 15 is 0 Å². The lowest BCUT2D eigenvalue weighted by Gasteiger charge is -1.86. The average molecular weight is 293 g/mol. The van der Waals surface area contributed by atoms with Crippen molar-refractivity contribution in [2.24, 2.45) is 0 Å². The van der Waals surface area contributed by atoms with Crippen molar-refractivity contribution in [1.29, 1.82) is 0 Å². The summed E-state index contributed by atoms with van der Waals surface area (Å²) in [6.07, 6.45) is 1.73. The van der Waals surface area contributed by atoms with E-state index in [-0.39, 0.29) is 0 Å². The van der Waals surface area contributed by atoms with Crippen molar-refractivity contribution in [2.75, 3.05) is 5.73 Å². The number of thiazole rings is 1. The van der Waals surface area contributed by atoms with Gasteiger partial charge in [-0.3, -0.25) is 4.98 Å². The van der Waals surface area contributed by atoms with Crippen LogP contribution in [0.5, 0.6) is 0 Å². The summed E-state index contributed by atoms with van der Waals surface area (Å²) in [6, 6.07) is 0. The lowest BCUT2D eigenvalue weighted by molar-refractivity contribution is 0.436. The summed E-state index contributed by atoms with van der Waals surface area (Å²) in [7, 11) is 0. The zero-order valence-corrected chi connectivity index (χ0v) is 8.79. The van der Waals surface area contributed by atoms with Crippen molar-refractivity contribution in [3.05, 3.63) is 15.3 Å². The molecule has 2 heterocycles. The molecule has 0 atom stereocenters. The van der Waals surface area contributed by atoms with Crippen LogP contribution in [0.15, 0.2) is 16.2 Å². The normalized spacial score (nSPS) is 10.4. The summed E-state index contributed by atoms with van der Waals surface area (Å²) in [5, 5.41) is 3.65. The number of halogens is 1. The highest BCUT2D eigenvalue weighted by atomic mass is 127. The van der Waals surface area contributed by atoms with Crippen LogP contribution in [0.3, 0.4) is 0 Å². The van der Waals surface area contributed by atoms with E-state index in [1.165, 1.54) is 11.3 Å². The molecule has 0 aliphatic carbocycles. The molecule has 0 saturated heterocycles. The molecule has 2 rings (SSSR count). The van der Waals surface area contributed by atoms with Crippen molar-refractivity contribution < 1.29 is 4.52 Å². The van der Waals surface area contributed by atoms with Gasteiger partial charge in [-0.2, -0.15) is 0 Å². The lowest BCUT2D eigenvalue weighted by Crippen LogP contribution is -1.85. The van der Waals surface area contributed by atoms with Gasteiger partial charge in [-0.15, -0.1) is 11.3 Å². The molecule has 2 aromatic rings. The Balaban J connectivity index is 2.55. The van der Waals surface area contributed by atoms with Gasteiger partial charge in [-0.05, 0) is 22.6 Å². The molecule has 6 heteroatoms. The molecule has 0 aliphatic rings. The molecule has 62 valence electrons. The van der Waals surface area contributed by atoms with E-state index in [4.69, 9.17) is 10.3 Å². The predicted molar refractivity (Wildman–Crippen MR) is 54.7 cm³/mol. The maximum Gasteiger partial charge on any atom is 0.193 e. The van der Waals surface area contributed by atoms with Crippen LogP contribution in [0.2, 0.25) is 0 Å². The molecule has 0 radical (unpaired) electrons. The SMILES string of the molecule is Nc1noc(-c2cncs2)c1I. The zero-order valence-electron chi connectivity index (χ0n) is 5.82.